The Labute approximate surface area is 108 Å². The summed E-state index contributed by atoms with van der Waals surface area (Å²) in [7, 11) is 0. The number of anilines is 1. The van der Waals surface area contributed by atoms with Crippen molar-refractivity contribution in [2.75, 3.05) is 5.32 Å². The number of carbonyl (C=O) groups is 2. The van der Waals surface area contributed by atoms with Crippen LogP contribution >= 0.6 is 11.3 Å². The van der Waals surface area contributed by atoms with Gasteiger partial charge in [0.1, 0.15) is 5.00 Å². The number of amides is 2. The molecule has 0 aliphatic rings. The third kappa shape index (κ3) is 2.57. The number of nitrogens with two attached hydrogens (primary N) is 1. The normalized spacial score (nSPS) is 10.1. The molecule has 3 N–H and O–H groups in total. The number of hydrogen-bond donors (Lipinski definition) is 2. The molecule has 1 aromatic heterocycles. The number of nitrogens with one attached hydrogen (secondary N) is 1. The molecular formula is C13H12N2O2S. The Morgan fingerprint density at radius 3 is 2.44 bits per heavy atom. The molecule has 0 aliphatic carbocycles. The molecule has 2 aromatic rings. The highest BCUT2D eigenvalue weighted by molar-refractivity contribution is 7.14. The highest BCUT2D eigenvalue weighted by atomic mass is 32.1. The predicted molar refractivity (Wildman–Crippen MR) is 72.0 cm³/mol. The molecule has 0 fully saturated rings. The molecule has 18 heavy (non-hydrogen) atoms. The highest BCUT2D eigenvalue weighted by Gasteiger charge is 2.13. The van der Waals surface area contributed by atoms with Crippen LogP contribution in [0.25, 0.3) is 0 Å². The van der Waals surface area contributed by atoms with Crippen molar-refractivity contribution in [1.29, 1.82) is 0 Å². The van der Waals surface area contributed by atoms with Gasteiger partial charge in [-0.15, -0.1) is 11.3 Å². The van der Waals surface area contributed by atoms with Gasteiger partial charge in [0.25, 0.3) is 11.8 Å². The largest absolute Gasteiger partial charge is 0.366 e. The van der Waals surface area contributed by atoms with Gasteiger partial charge in [0, 0.05) is 5.56 Å². The number of hydrogen-bond acceptors (Lipinski definition) is 3. The van der Waals surface area contributed by atoms with Crippen LogP contribution in [0.1, 0.15) is 26.3 Å². The molecule has 92 valence electrons. The Kier molecular flexibility index (Phi) is 3.43. The number of carbonyl (C=O) groups excluding carboxylic acids is 2. The number of aryl methyl sites for hydroxylation is 1. The van der Waals surface area contributed by atoms with Crippen LogP contribution in [0.2, 0.25) is 0 Å². The molecule has 2 rings (SSSR count). The summed E-state index contributed by atoms with van der Waals surface area (Å²) in [5.74, 6) is -0.796. The molecule has 0 bridgehead atoms. The zero-order valence-corrected chi connectivity index (χ0v) is 10.6. The number of primary amides is 1. The van der Waals surface area contributed by atoms with Crippen molar-refractivity contribution in [2.24, 2.45) is 5.73 Å². The molecule has 0 unspecified atom stereocenters. The van der Waals surface area contributed by atoms with Crippen molar-refractivity contribution in [3.8, 4) is 0 Å². The van der Waals surface area contributed by atoms with Gasteiger partial charge in [-0.05, 0) is 30.5 Å². The van der Waals surface area contributed by atoms with Crippen molar-refractivity contribution in [1.82, 2.24) is 0 Å². The summed E-state index contributed by atoms with van der Waals surface area (Å²) in [5, 5.41) is 4.88. The van der Waals surface area contributed by atoms with E-state index in [9.17, 15) is 9.59 Å². The van der Waals surface area contributed by atoms with Crippen LogP contribution in [0.5, 0.6) is 0 Å². The van der Waals surface area contributed by atoms with Gasteiger partial charge in [-0.25, -0.2) is 0 Å². The first-order valence-corrected chi connectivity index (χ1v) is 6.21. The first kappa shape index (κ1) is 12.3. The van der Waals surface area contributed by atoms with Crippen molar-refractivity contribution in [3.63, 3.8) is 0 Å². The van der Waals surface area contributed by atoms with E-state index in [4.69, 9.17) is 5.73 Å². The van der Waals surface area contributed by atoms with E-state index in [1.807, 2.05) is 19.1 Å². The summed E-state index contributed by atoms with van der Waals surface area (Å²) < 4.78 is 0. The molecule has 0 aliphatic heterocycles. The molecule has 1 aromatic carbocycles. The van der Waals surface area contributed by atoms with Crippen LogP contribution in [0.15, 0.2) is 35.7 Å². The van der Waals surface area contributed by atoms with E-state index in [1.54, 1.807) is 23.6 Å². The SMILES string of the molecule is Cc1ccc(C(=O)Nc2sccc2C(N)=O)cc1. The van der Waals surface area contributed by atoms with Gasteiger partial charge >= 0.3 is 0 Å². The first-order chi connectivity index (χ1) is 8.58. The molecule has 5 heteroatoms. The Balaban J connectivity index is 2.19. The number of rotatable bonds is 3. The van der Waals surface area contributed by atoms with Gasteiger partial charge < -0.3 is 11.1 Å². The Morgan fingerprint density at radius 2 is 1.83 bits per heavy atom. The van der Waals surface area contributed by atoms with Gasteiger partial charge in [0.05, 0.1) is 5.56 Å². The molecule has 0 atom stereocenters. The minimum Gasteiger partial charge on any atom is -0.366 e. The zero-order valence-electron chi connectivity index (χ0n) is 9.77. The molecule has 0 radical (unpaired) electrons. The molecule has 2 amide bonds. The van der Waals surface area contributed by atoms with Crippen LogP contribution in [0.3, 0.4) is 0 Å². The average Bonchev–Trinajstić information content (AvgIpc) is 2.78. The standard InChI is InChI=1S/C13H12N2O2S/c1-8-2-4-9(5-3-8)12(17)15-13-10(11(14)16)6-7-18-13/h2-7H,1H3,(H2,14,16)(H,15,17). The first-order valence-electron chi connectivity index (χ1n) is 5.33. The third-order valence-corrected chi connectivity index (χ3v) is 3.30. The molecule has 0 saturated heterocycles. The summed E-state index contributed by atoms with van der Waals surface area (Å²) in [6, 6.07) is 8.79. The van der Waals surface area contributed by atoms with Gasteiger partial charge in [0.2, 0.25) is 0 Å². The Morgan fingerprint density at radius 1 is 1.17 bits per heavy atom. The van der Waals surface area contributed by atoms with Crippen LogP contribution in [0.4, 0.5) is 5.00 Å². The molecule has 4 nitrogen and oxygen atoms in total. The van der Waals surface area contributed by atoms with Crippen molar-refractivity contribution in [2.45, 2.75) is 6.92 Å². The van der Waals surface area contributed by atoms with E-state index in [0.29, 0.717) is 16.1 Å². The molecule has 1 heterocycles. The second-order valence-electron chi connectivity index (χ2n) is 3.85. The van der Waals surface area contributed by atoms with Crippen LogP contribution in [-0.4, -0.2) is 11.8 Å². The minimum atomic E-state index is -0.546. The maximum atomic E-state index is 11.9. The van der Waals surface area contributed by atoms with Crippen LogP contribution in [-0.2, 0) is 0 Å². The lowest BCUT2D eigenvalue weighted by Crippen LogP contribution is -2.16. The highest BCUT2D eigenvalue weighted by Crippen LogP contribution is 2.23. The van der Waals surface area contributed by atoms with Gasteiger partial charge in [-0.1, -0.05) is 17.7 Å². The van der Waals surface area contributed by atoms with Gasteiger partial charge in [0.15, 0.2) is 0 Å². The average molecular weight is 260 g/mol. The van der Waals surface area contributed by atoms with E-state index in [2.05, 4.69) is 5.32 Å². The van der Waals surface area contributed by atoms with Crippen LogP contribution < -0.4 is 11.1 Å². The summed E-state index contributed by atoms with van der Waals surface area (Å²) >= 11 is 1.27. The van der Waals surface area contributed by atoms with Crippen molar-refractivity contribution >= 4 is 28.2 Å². The molecule has 0 saturated carbocycles. The maximum Gasteiger partial charge on any atom is 0.256 e. The van der Waals surface area contributed by atoms with Crippen LogP contribution in [0, 0.1) is 6.92 Å². The number of benzene rings is 1. The fraction of sp³-hybridized carbons (Fsp3) is 0.0769. The quantitative estimate of drug-likeness (QED) is 0.889. The summed E-state index contributed by atoms with van der Waals surface area (Å²) in [4.78, 5) is 23.1. The monoisotopic (exact) mass is 260 g/mol. The van der Waals surface area contributed by atoms with E-state index in [-0.39, 0.29) is 5.91 Å². The van der Waals surface area contributed by atoms with Gasteiger partial charge in [-0.2, -0.15) is 0 Å². The minimum absolute atomic E-state index is 0.250. The predicted octanol–water partition coefficient (Wildman–Crippen LogP) is 2.41. The summed E-state index contributed by atoms with van der Waals surface area (Å²) in [5.41, 5.74) is 7.17. The fourth-order valence-electron chi connectivity index (χ4n) is 1.48. The fourth-order valence-corrected chi connectivity index (χ4v) is 2.27. The third-order valence-electron chi connectivity index (χ3n) is 2.47. The topological polar surface area (TPSA) is 72.2 Å². The molecular weight excluding hydrogens is 248 g/mol. The van der Waals surface area contributed by atoms with E-state index < -0.39 is 5.91 Å². The second-order valence-corrected chi connectivity index (χ2v) is 4.76. The molecule has 0 spiro atoms. The summed E-state index contributed by atoms with van der Waals surface area (Å²) in [6.07, 6.45) is 0. The zero-order chi connectivity index (χ0) is 13.1. The Bertz CT molecular complexity index is 587. The second kappa shape index (κ2) is 5.01. The van der Waals surface area contributed by atoms with E-state index in [1.165, 1.54) is 11.3 Å². The van der Waals surface area contributed by atoms with Crippen molar-refractivity contribution < 1.29 is 9.59 Å². The van der Waals surface area contributed by atoms with Crippen molar-refractivity contribution in [3.05, 3.63) is 52.4 Å². The maximum absolute atomic E-state index is 11.9. The number of thiophene rings is 1. The van der Waals surface area contributed by atoms with Gasteiger partial charge in [-0.3, -0.25) is 9.59 Å². The van der Waals surface area contributed by atoms with E-state index in [0.717, 1.165) is 5.56 Å². The lowest BCUT2D eigenvalue weighted by molar-refractivity contribution is 0.100. The lowest BCUT2D eigenvalue weighted by atomic mass is 10.1. The smallest absolute Gasteiger partial charge is 0.256 e. The summed E-state index contributed by atoms with van der Waals surface area (Å²) in [6.45, 7) is 1.95. The Hall–Kier alpha value is -2.14. The lowest BCUT2D eigenvalue weighted by Gasteiger charge is -2.04. The van der Waals surface area contributed by atoms with E-state index >= 15 is 0 Å².